The number of carbonyl (C=O) groups excluding carboxylic acids is 2. The molecule has 0 aliphatic heterocycles. The van der Waals surface area contributed by atoms with Gasteiger partial charge < -0.3 is 10.1 Å². The first-order chi connectivity index (χ1) is 11.0. The lowest BCUT2D eigenvalue weighted by molar-refractivity contribution is -0.146. The zero-order valence-corrected chi connectivity index (χ0v) is 13.4. The molecule has 0 saturated carbocycles. The van der Waals surface area contributed by atoms with Crippen molar-refractivity contribution in [2.45, 2.75) is 6.42 Å². The van der Waals surface area contributed by atoms with E-state index in [1.807, 2.05) is 0 Å². The van der Waals surface area contributed by atoms with Crippen LogP contribution in [0.1, 0.15) is 5.56 Å². The molecule has 0 aliphatic rings. The Bertz CT molecular complexity index is 737. The van der Waals surface area contributed by atoms with Crippen LogP contribution in [-0.2, 0) is 20.7 Å². The summed E-state index contributed by atoms with van der Waals surface area (Å²) in [7, 11) is 0. The molecule has 2 rings (SSSR count). The second kappa shape index (κ2) is 7.82. The maximum absolute atomic E-state index is 13.5. The van der Waals surface area contributed by atoms with Crippen molar-refractivity contribution in [1.29, 1.82) is 0 Å². The molecule has 120 valence electrons. The van der Waals surface area contributed by atoms with Crippen molar-refractivity contribution < 1.29 is 23.1 Å². The van der Waals surface area contributed by atoms with E-state index in [-0.39, 0.29) is 17.7 Å². The van der Waals surface area contributed by atoms with Crippen molar-refractivity contribution in [2.24, 2.45) is 0 Å². The van der Waals surface area contributed by atoms with E-state index in [4.69, 9.17) is 4.74 Å². The van der Waals surface area contributed by atoms with Gasteiger partial charge >= 0.3 is 5.97 Å². The Kier molecular flexibility index (Phi) is 5.81. The second-order valence-electron chi connectivity index (χ2n) is 4.60. The van der Waals surface area contributed by atoms with Crippen LogP contribution in [0.25, 0.3) is 0 Å². The third kappa shape index (κ3) is 5.14. The molecule has 7 heteroatoms. The number of nitrogens with one attached hydrogen (secondary N) is 1. The Hall–Kier alpha value is -2.28. The maximum Gasteiger partial charge on any atom is 0.310 e. The summed E-state index contributed by atoms with van der Waals surface area (Å²) in [5.74, 6) is -2.58. The minimum atomic E-state index is -0.749. The lowest BCUT2D eigenvalue weighted by Crippen LogP contribution is -2.22. The number of carbonyl (C=O) groups is 2. The molecule has 0 heterocycles. The molecule has 0 aromatic heterocycles. The Balaban J connectivity index is 1.84. The highest BCUT2D eigenvalue weighted by Crippen LogP contribution is 2.19. The van der Waals surface area contributed by atoms with E-state index in [2.05, 4.69) is 21.2 Å². The first kappa shape index (κ1) is 17.1. The van der Waals surface area contributed by atoms with Crippen molar-refractivity contribution >= 4 is 33.5 Å². The highest BCUT2D eigenvalue weighted by molar-refractivity contribution is 9.10. The molecule has 0 saturated heterocycles. The third-order valence-electron chi connectivity index (χ3n) is 2.86. The monoisotopic (exact) mass is 383 g/mol. The van der Waals surface area contributed by atoms with Crippen LogP contribution in [0.4, 0.5) is 14.5 Å². The first-order valence-corrected chi connectivity index (χ1v) is 7.39. The van der Waals surface area contributed by atoms with Crippen molar-refractivity contribution in [3.05, 3.63) is 64.1 Å². The van der Waals surface area contributed by atoms with E-state index in [0.717, 1.165) is 0 Å². The third-order valence-corrected chi connectivity index (χ3v) is 3.36. The van der Waals surface area contributed by atoms with E-state index in [1.54, 1.807) is 12.1 Å². The molecule has 1 N–H and O–H groups in total. The molecule has 1 amide bonds. The van der Waals surface area contributed by atoms with Crippen LogP contribution in [0, 0.1) is 11.6 Å². The smallest absolute Gasteiger partial charge is 0.310 e. The van der Waals surface area contributed by atoms with Gasteiger partial charge in [-0.05, 0) is 29.8 Å². The van der Waals surface area contributed by atoms with Crippen LogP contribution in [-0.4, -0.2) is 18.5 Å². The zero-order chi connectivity index (χ0) is 16.8. The molecule has 0 fully saturated rings. The average molecular weight is 384 g/mol. The molecule has 23 heavy (non-hydrogen) atoms. The minimum absolute atomic E-state index is 0.0247. The van der Waals surface area contributed by atoms with E-state index < -0.39 is 30.1 Å². The van der Waals surface area contributed by atoms with Gasteiger partial charge in [0.05, 0.1) is 12.1 Å². The number of rotatable bonds is 5. The fraction of sp³-hybridized carbons (Fsp3) is 0.125. The fourth-order valence-electron chi connectivity index (χ4n) is 1.77. The van der Waals surface area contributed by atoms with Gasteiger partial charge in [0, 0.05) is 4.47 Å². The molecule has 2 aromatic carbocycles. The summed E-state index contributed by atoms with van der Waals surface area (Å²) in [6.45, 7) is -0.581. The first-order valence-electron chi connectivity index (χ1n) is 6.59. The van der Waals surface area contributed by atoms with Crippen molar-refractivity contribution in [3.8, 4) is 0 Å². The van der Waals surface area contributed by atoms with E-state index in [1.165, 1.54) is 30.3 Å². The summed E-state index contributed by atoms with van der Waals surface area (Å²) in [6, 6.07) is 9.90. The van der Waals surface area contributed by atoms with Crippen LogP contribution >= 0.6 is 15.9 Å². The summed E-state index contributed by atoms with van der Waals surface area (Å²) in [5, 5.41) is 2.28. The summed E-state index contributed by atoms with van der Waals surface area (Å²) >= 11 is 3.10. The van der Waals surface area contributed by atoms with E-state index in [9.17, 15) is 18.4 Å². The molecule has 0 spiro atoms. The minimum Gasteiger partial charge on any atom is -0.455 e. The largest absolute Gasteiger partial charge is 0.455 e. The number of benzene rings is 2. The number of hydrogen-bond acceptors (Lipinski definition) is 3. The normalized spacial score (nSPS) is 10.2. The Labute approximate surface area is 139 Å². The fourth-order valence-corrected chi connectivity index (χ4v) is 2.10. The Morgan fingerprint density at radius 3 is 2.52 bits per heavy atom. The van der Waals surface area contributed by atoms with Gasteiger partial charge in [-0.15, -0.1) is 0 Å². The predicted octanol–water partition coefficient (Wildman–Crippen LogP) is 3.45. The summed E-state index contributed by atoms with van der Waals surface area (Å²) in [5.41, 5.74) is 0.153. The topological polar surface area (TPSA) is 55.4 Å². The van der Waals surface area contributed by atoms with Gasteiger partial charge in [0.1, 0.15) is 11.6 Å². The predicted molar refractivity (Wildman–Crippen MR) is 83.8 cm³/mol. The van der Waals surface area contributed by atoms with Gasteiger partial charge in [0.2, 0.25) is 0 Å². The van der Waals surface area contributed by atoms with Gasteiger partial charge in [-0.25, -0.2) is 8.78 Å². The standard InChI is InChI=1S/C16H12BrF2NO3/c17-11-5-6-14(13(19)8-11)20-15(21)9-23-16(22)7-10-3-1-2-4-12(10)18/h1-6,8H,7,9H2,(H,20,21). The number of hydrogen-bond donors (Lipinski definition) is 1. The van der Waals surface area contributed by atoms with E-state index in [0.29, 0.717) is 4.47 Å². The van der Waals surface area contributed by atoms with Gasteiger partial charge in [-0.3, -0.25) is 9.59 Å². The molecule has 0 bridgehead atoms. The van der Waals surface area contributed by atoms with Gasteiger partial charge in [-0.2, -0.15) is 0 Å². The highest BCUT2D eigenvalue weighted by atomic mass is 79.9. The summed E-state index contributed by atoms with van der Waals surface area (Å²) in [6.07, 6.45) is -0.285. The highest BCUT2D eigenvalue weighted by Gasteiger charge is 2.12. The van der Waals surface area contributed by atoms with Crippen LogP contribution in [0.3, 0.4) is 0 Å². The molecule has 4 nitrogen and oxygen atoms in total. The number of anilines is 1. The maximum atomic E-state index is 13.5. The summed E-state index contributed by atoms with van der Waals surface area (Å²) in [4.78, 5) is 23.2. The Morgan fingerprint density at radius 1 is 1.09 bits per heavy atom. The number of amides is 1. The van der Waals surface area contributed by atoms with Crippen LogP contribution in [0.15, 0.2) is 46.9 Å². The van der Waals surface area contributed by atoms with Gasteiger partial charge in [0.15, 0.2) is 6.61 Å². The zero-order valence-electron chi connectivity index (χ0n) is 11.8. The van der Waals surface area contributed by atoms with Gasteiger partial charge in [0.25, 0.3) is 5.91 Å². The molecule has 0 atom stereocenters. The van der Waals surface area contributed by atoms with Crippen molar-refractivity contribution in [3.63, 3.8) is 0 Å². The average Bonchev–Trinajstić information content (AvgIpc) is 2.50. The Morgan fingerprint density at radius 2 is 1.83 bits per heavy atom. The second-order valence-corrected chi connectivity index (χ2v) is 5.52. The number of esters is 1. The van der Waals surface area contributed by atoms with Crippen molar-refractivity contribution in [1.82, 2.24) is 0 Å². The SMILES string of the molecule is O=C(COC(=O)Cc1ccccc1F)Nc1ccc(Br)cc1F. The lowest BCUT2D eigenvalue weighted by Gasteiger charge is -2.08. The number of halogens is 3. The molecule has 0 radical (unpaired) electrons. The van der Waals surface area contributed by atoms with E-state index >= 15 is 0 Å². The number of ether oxygens (including phenoxy) is 1. The van der Waals surface area contributed by atoms with Crippen LogP contribution < -0.4 is 5.32 Å². The molecule has 0 aliphatic carbocycles. The van der Waals surface area contributed by atoms with Gasteiger partial charge in [-0.1, -0.05) is 34.1 Å². The van der Waals surface area contributed by atoms with Crippen molar-refractivity contribution in [2.75, 3.05) is 11.9 Å². The quantitative estimate of drug-likeness (QED) is 0.804. The molecule has 2 aromatic rings. The lowest BCUT2D eigenvalue weighted by atomic mass is 10.1. The van der Waals surface area contributed by atoms with Crippen LogP contribution in [0.2, 0.25) is 0 Å². The van der Waals surface area contributed by atoms with Crippen LogP contribution in [0.5, 0.6) is 0 Å². The summed E-state index contributed by atoms with van der Waals surface area (Å²) < 4.78 is 32.2. The molecular weight excluding hydrogens is 372 g/mol. The molecule has 0 unspecified atom stereocenters. The molecular formula is C16H12BrF2NO3.